The number of ether oxygens (including phenoxy) is 1. The number of hydrogen-bond acceptors (Lipinski definition) is 9. The van der Waals surface area contributed by atoms with E-state index in [9.17, 15) is 18.0 Å². The summed E-state index contributed by atoms with van der Waals surface area (Å²) in [5.74, 6) is -3.38. The van der Waals surface area contributed by atoms with Crippen molar-refractivity contribution in [2.75, 3.05) is 37.0 Å². The minimum atomic E-state index is -3.13. The van der Waals surface area contributed by atoms with Gasteiger partial charge in [0.2, 0.25) is 0 Å². The number of halogens is 2. The molecule has 2 aliphatic heterocycles. The van der Waals surface area contributed by atoms with E-state index in [0.29, 0.717) is 86.1 Å². The Bertz CT molecular complexity index is 1700. The van der Waals surface area contributed by atoms with Gasteiger partial charge in [-0.25, -0.2) is 27.2 Å². The van der Waals surface area contributed by atoms with Crippen molar-refractivity contribution in [3.63, 3.8) is 0 Å². The molecule has 0 saturated carbocycles. The van der Waals surface area contributed by atoms with Crippen LogP contribution in [0.3, 0.4) is 0 Å². The van der Waals surface area contributed by atoms with E-state index < -0.39 is 33.8 Å². The Morgan fingerprint density at radius 1 is 1.11 bits per heavy atom. The first-order valence-electron chi connectivity index (χ1n) is 16.6. The highest BCUT2D eigenvalue weighted by Crippen LogP contribution is 2.41. The molecule has 2 N–H and O–H groups in total. The van der Waals surface area contributed by atoms with Crippen LogP contribution in [0.2, 0.25) is 0 Å². The number of carbonyl (C=O) groups is 1. The summed E-state index contributed by atoms with van der Waals surface area (Å²) in [6.07, 6.45) is 6.03. The molecule has 10 nitrogen and oxygen atoms in total. The van der Waals surface area contributed by atoms with Crippen molar-refractivity contribution >= 4 is 33.0 Å². The monoisotopic (exact) mass is 673 g/mol. The maximum absolute atomic E-state index is 15.5. The van der Waals surface area contributed by atoms with Crippen molar-refractivity contribution in [2.24, 2.45) is 5.92 Å². The van der Waals surface area contributed by atoms with E-state index in [0.717, 1.165) is 19.1 Å². The fraction of sp³-hybridized carbons (Fsp3) is 0.588. The molecule has 1 aromatic carbocycles. The molecule has 0 aliphatic carbocycles. The van der Waals surface area contributed by atoms with Crippen LogP contribution in [0, 0.1) is 5.92 Å². The second-order valence-electron chi connectivity index (χ2n) is 12.8. The smallest absolute Gasteiger partial charge is 0.276 e. The van der Waals surface area contributed by atoms with Crippen molar-refractivity contribution in [1.82, 2.24) is 19.9 Å². The molecule has 2 aromatic heterocycles. The fourth-order valence-corrected chi connectivity index (χ4v) is 8.27. The van der Waals surface area contributed by atoms with Gasteiger partial charge in [-0.3, -0.25) is 9.36 Å². The van der Waals surface area contributed by atoms with Crippen LogP contribution in [0.1, 0.15) is 86.9 Å². The summed E-state index contributed by atoms with van der Waals surface area (Å²) < 4.78 is 62.2. The molecule has 0 spiro atoms. The number of rotatable bonds is 14. The number of methoxy groups -OCH3 is 1. The first-order valence-corrected chi connectivity index (χ1v) is 18.4. The van der Waals surface area contributed by atoms with E-state index in [-0.39, 0.29) is 28.5 Å². The van der Waals surface area contributed by atoms with E-state index in [2.05, 4.69) is 20.6 Å². The molecule has 0 amide bonds. The lowest BCUT2D eigenvalue weighted by Crippen LogP contribution is -2.36. The number of unbranched alkanes of at least 4 members (excludes halogenated alkanes) is 2. The van der Waals surface area contributed by atoms with Crippen LogP contribution in [0.25, 0.3) is 11.0 Å². The summed E-state index contributed by atoms with van der Waals surface area (Å²) in [5.41, 5.74) is 1.45. The summed E-state index contributed by atoms with van der Waals surface area (Å²) in [7, 11) is -1.63. The Kier molecular flexibility index (Phi) is 11.4. The Balaban J connectivity index is 1.44. The molecule has 47 heavy (non-hydrogen) atoms. The van der Waals surface area contributed by atoms with Crippen LogP contribution in [-0.4, -0.2) is 67.0 Å². The number of aldehydes is 1. The molecule has 256 valence electrons. The number of anilines is 1. The molecule has 0 bridgehead atoms. The van der Waals surface area contributed by atoms with Crippen LogP contribution < -0.4 is 16.2 Å². The van der Waals surface area contributed by atoms with Crippen LogP contribution in [0.4, 0.5) is 14.6 Å². The van der Waals surface area contributed by atoms with Gasteiger partial charge in [0.05, 0.1) is 16.9 Å². The highest BCUT2D eigenvalue weighted by molar-refractivity contribution is 7.91. The maximum atomic E-state index is 15.5. The van der Waals surface area contributed by atoms with Crippen molar-refractivity contribution in [2.45, 2.75) is 88.8 Å². The van der Waals surface area contributed by atoms with E-state index in [1.165, 1.54) is 19.5 Å². The Morgan fingerprint density at radius 2 is 1.85 bits per heavy atom. The molecule has 2 fully saturated rings. The predicted octanol–water partition coefficient (Wildman–Crippen LogP) is 5.12. The standard InChI is InChI=1S/C34H45F2N5O5S/c1-23(25-7-6-8-27(19-25)34(35,36)26-10-14-37-15-11-26)40-31-30-20-29(24-12-17-47(44,45)18-13-24)33(43)41(32(30)39-22-38-31)16-5-3-4-9-28(21-42)46-2/h6-8,19-24,26,28,37H,3-5,9-18H2,1-2H3,(H,38,39,40)/t23-,28?/m1/s1. The highest BCUT2D eigenvalue weighted by atomic mass is 32.2. The van der Waals surface area contributed by atoms with Gasteiger partial charge >= 0.3 is 0 Å². The lowest BCUT2D eigenvalue weighted by Gasteiger charge is -2.31. The van der Waals surface area contributed by atoms with E-state index in [4.69, 9.17) is 4.74 Å². The van der Waals surface area contributed by atoms with Gasteiger partial charge in [0.15, 0.2) is 0 Å². The number of fused-ring (bicyclic) bond motifs is 1. The van der Waals surface area contributed by atoms with E-state index >= 15 is 8.78 Å². The molecule has 1 unspecified atom stereocenters. The van der Waals surface area contributed by atoms with Crippen molar-refractivity contribution < 1.29 is 26.7 Å². The Labute approximate surface area is 274 Å². The zero-order chi connectivity index (χ0) is 33.6. The summed E-state index contributed by atoms with van der Waals surface area (Å²) in [5, 5.41) is 7.15. The van der Waals surface area contributed by atoms with Gasteiger partial charge in [-0.2, -0.15) is 0 Å². The largest absolute Gasteiger partial charge is 0.374 e. The van der Waals surface area contributed by atoms with E-state index in [1.54, 1.807) is 22.8 Å². The second kappa shape index (κ2) is 15.3. The first kappa shape index (κ1) is 35.0. The van der Waals surface area contributed by atoms with Gasteiger partial charge in [-0.1, -0.05) is 31.0 Å². The Hall–Kier alpha value is -3.29. The zero-order valence-electron chi connectivity index (χ0n) is 27.1. The number of piperidine rings is 1. The minimum Gasteiger partial charge on any atom is -0.374 e. The molecule has 3 aromatic rings. The number of sulfone groups is 1. The normalized spacial score (nSPS) is 19.0. The van der Waals surface area contributed by atoms with Gasteiger partial charge in [-0.15, -0.1) is 0 Å². The number of nitrogens with zero attached hydrogens (tertiary/aromatic N) is 3. The molecule has 4 heterocycles. The second-order valence-corrected chi connectivity index (χ2v) is 15.1. The van der Waals surface area contributed by atoms with Gasteiger partial charge in [0.1, 0.15) is 40.0 Å². The molecular weight excluding hydrogens is 628 g/mol. The van der Waals surface area contributed by atoms with Crippen molar-refractivity contribution in [1.29, 1.82) is 0 Å². The number of pyridine rings is 1. The minimum absolute atomic E-state index is 0.00330. The van der Waals surface area contributed by atoms with Crippen molar-refractivity contribution in [3.05, 3.63) is 63.7 Å². The van der Waals surface area contributed by atoms with Crippen LogP contribution in [-0.2, 0) is 31.8 Å². The highest BCUT2D eigenvalue weighted by Gasteiger charge is 2.41. The molecule has 2 aliphatic rings. The summed E-state index contributed by atoms with van der Waals surface area (Å²) >= 11 is 0. The van der Waals surface area contributed by atoms with Gasteiger partial charge < -0.3 is 20.2 Å². The van der Waals surface area contributed by atoms with Crippen molar-refractivity contribution in [3.8, 4) is 0 Å². The first-order chi connectivity index (χ1) is 22.5. The molecule has 0 radical (unpaired) electrons. The predicted molar refractivity (Wildman–Crippen MR) is 178 cm³/mol. The lowest BCUT2D eigenvalue weighted by atomic mass is 9.86. The molecule has 13 heteroatoms. The van der Waals surface area contributed by atoms with Gasteiger partial charge in [-0.05, 0) is 82.2 Å². The summed E-state index contributed by atoms with van der Waals surface area (Å²) in [4.78, 5) is 34.0. The topological polar surface area (TPSA) is 132 Å². The maximum Gasteiger partial charge on any atom is 0.276 e. The van der Waals surface area contributed by atoms with Crippen LogP contribution >= 0.6 is 0 Å². The zero-order valence-corrected chi connectivity index (χ0v) is 27.9. The number of nitrogens with one attached hydrogen (secondary N) is 2. The third kappa shape index (κ3) is 8.24. The van der Waals surface area contributed by atoms with Crippen LogP contribution in [0.15, 0.2) is 41.5 Å². The average Bonchev–Trinajstić information content (AvgIpc) is 3.08. The van der Waals surface area contributed by atoms with Crippen LogP contribution in [0.5, 0.6) is 0 Å². The lowest BCUT2D eigenvalue weighted by molar-refractivity contribution is -0.116. The van der Waals surface area contributed by atoms with Gasteiger partial charge in [0, 0.05) is 36.7 Å². The number of aromatic nitrogens is 3. The quantitative estimate of drug-likeness (QED) is 0.177. The number of carbonyl (C=O) groups excluding carboxylic acids is 1. The third-order valence-electron chi connectivity index (χ3n) is 9.71. The number of benzene rings is 1. The fourth-order valence-electron chi connectivity index (χ4n) is 6.78. The molecular formula is C34H45F2N5O5S. The number of hydrogen-bond donors (Lipinski definition) is 2. The Morgan fingerprint density at radius 3 is 2.55 bits per heavy atom. The number of alkyl halides is 2. The molecule has 5 rings (SSSR count). The molecule has 2 saturated heterocycles. The average molecular weight is 674 g/mol. The third-order valence-corrected chi connectivity index (χ3v) is 11.4. The SMILES string of the molecule is COC(C=O)CCCCCn1c(=O)c(C2CCS(=O)(=O)CC2)cc2c(N[C@H](C)c3cccc(C(F)(F)C4CCNCC4)c3)ncnc21. The number of aryl methyl sites for hydroxylation is 1. The van der Waals surface area contributed by atoms with E-state index in [1.807, 2.05) is 13.0 Å². The molecule has 2 atom stereocenters. The summed E-state index contributed by atoms with van der Waals surface area (Å²) in [6, 6.07) is 7.90. The van der Waals surface area contributed by atoms with Gasteiger partial charge in [0.25, 0.3) is 11.5 Å². The summed E-state index contributed by atoms with van der Waals surface area (Å²) in [6.45, 7) is 3.42.